The average Bonchev–Trinajstić information content (AvgIpc) is 3.74. The van der Waals surface area contributed by atoms with Gasteiger partial charge in [-0.25, -0.2) is 0 Å². The van der Waals surface area contributed by atoms with Gasteiger partial charge in [-0.3, -0.25) is 0 Å². The third kappa shape index (κ3) is 6.26. The fourth-order valence-corrected chi connectivity index (χ4v) is 14.2. The Bertz CT molecular complexity index is 4530. The van der Waals surface area contributed by atoms with E-state index in [-0.39, 0.29) is 10.8 Å². The van der Waals surface area contributed by atoms with Crippen LogP contribution in [0.2, 0.25) is 0 Å². The Hall–Kier alpha value is -9.76. The zero-order chi connectivity index (χ0) is 51.7. The number of para-hydroxylation sites is 2. The van der Waals surface area contributed by atoms with Crippen molar-refractivity contribution >= 4 is 38.9 Å². The van der Waals surface area contributed by atoms with Gasteiger partial charge < -0.3 is 9.47 Å². The molecule has 1 spiro atoms. The molecule has 2 nitrogen and oxygen atoms in total. The van der Waals surface area contributed by atoms with Gasteiger partial charge in [0.2, 0.25) is 0 Å². The molecule has 0 saturated heterocycles. The van der Waals surface area contributed by atoms with Gasteiger partial charge in [-0.15, -0.1) is 0 Å². The highest BCUT2D eigenvalue weighted by atomic mass is 15.1. The number of aromatic nitrogens is 1. The van der Waals surface area contributed by atoms with E-state index in [0.29, 0.717) is 0 Å². The minimum atomic E-state index is -0.385. The molecule has 366 valence electrons. The van der Waals surface area contributed by atoms with Crippen molar-refractivity contribution in [2.45, 2.75) is 24.7 Å². The maximum Gasteiger partial charge on any atom is 0.0725 e. The van der Waals surface area contributed by atoms with Crippen LogP contribution < -0.4 is 4.90 Å². The molecule has 78 heavy (non-hydrogen) atoms. The number of hydrogen-bond donors (Lipinski definition) is 0. The van der Waals surface area contributed by atoms with Gasteiger partial charge in [0, 0.05) is 38.8 Å². The van der Waals surface area contributed by atoms with Gasteiger partial charge in [0.05, 0.1) is 22.1 Å². The van der Waals surface area contributed by atoms with Gasteiger partial charge in [0.1, 0.15) is 0 Å². The SMILES string of the molecule is CC1(C)c2ccccc2-c2ccc(N(c3ccccc3)c3cc(-c4ccccc4)c4c5ccccc5n(-c5ccc(-c6ccc7c(c6)-c6ccccc6C76c7ccccc7-c7ccccc76)cc5-c5ccccc5)c4c3)cc21. The van der Waals surface area contributed by atoms with E-state index >= 15 is 0 Å². The molecule has 0 saturated carbocycles. The minimum Gasteiger partial charge on any atom is -0.310 e. The van der Waals surface area contributed by atoms with Crippen molar-refractivity contribution in [3.8, 4) is 72.4 Å². The van der Waals surface area contributed by atoms with Crippen LogP contribution in [0.5, 0.6) is 0 Å². The second kappa shape index (κ2) is 16.9. The Morgan fingerprint density at radius 3 is 1.42 bits per heavy atom. The molecular weight excluding hydrogens is 941 g/mol. The number of rotatable bonds is 7. The Morgan fingerprint density at radius 2 is 0.769 bits per heavy atom. The lowest BCUT2D eigenvalue weighted by Crippen LogP contribution is -2.25. The third-order valence-electron chi connectivity index (χ3n) is 17.6. The van der Waals surface area contributed by atoms with E-state index in [4.69, 9.17) is 0 Å². The summed E-state index contributed by atoms with van der Waals surface area (Å²) >= 11 is 0. The lowest BCUT2D eigenvalue weighted by atomic mass is 9.70. The first-order valence-corrected chi connectivity index (χ1v) is 27.3. The average molecular weight is 993 g/mol. The van der Waals surface area contributed by atoms with Gasteiger partial charge in [-0.05, 0) is 155 Å². The Balaban J connectivity index is 0.923. The van der Waals surface area contributed by atoms with E-state index in [2.05, 4.69) is 302 Å². The zero-order valence-corrected chi connectivity index (χ0v) is 43.5. The fourth-order valence-electron chi connectivity index (χ4n) is 14.2. The van der Waals surface area contributed by atoms with Crippen molar-refractivity contribution in [1.82, 2.24) is 4.57 Å². The van der Waals surface area contributed by atoms with Crippen LogP contribution in [0.25, 0.3) is 94.3 Å². The molecule has 0 radical (unpaired) electrons. The second-order valence-electron chi connectivity index (χ2n) is 21.9. The van der Waals surface area contributed by atoms with Gasteiger partial charge in [0.25, 0.3) is 0 Å². The van der Waals surface area contributed by atoms with Crippen molar-refractivity contribution in [3.05, 3.63) is 312 Å². The molecule has 1 aromatic heterocycles. The smallest absolute Gasteiger partial charge is 0.0725 e. The van der Waals surface area contributed by atoms with Crippen LogP contribution in [0.4, 0.5) is 17.1 Å². The summed E-state index contributed by atoms with van der Waals surface area (Å²) in [6.07, 6.45) is 0. The van der Waals surface area contributed by atoms with Crippen molar-refractivity contribution in [1.29, 1.82) is 0 Å². The molecule has 16 rings (SSSR count). The molecule has 2 heteroatoms. The standard InChI is InChI=1S/C76H52N2/c1-75(2)65-33-17-12-28-56(65)60-41-40-54(47-70(60)75)77(53-26-10-5-11-27-53)55-46-63(50-24-8-4-9-25-50)74-61-32-16-21-37-71(61)78(73(74)48-55)72-43-39-52(44-62(72)49-22-6-3-7-23-49)51-38-42-69-64(45-51)59-31-15-20-36-68(59)76(69)66-34-18-13-29-57(66)58-30-14-19-35-67(58)76/h3-48H,1-2H3. The highest BCUT2D eigenvalue weighted by molar-refractivity contribution is 6.17. The van der Waals surface area contributed by atoms with E-state index in [1.807, 2.05) is 0 Å². The summed E-state index contributed by atoms with van der Waals surface area (Å²) in [4.78, 5) is 2.47. The summed E-state index contributed by atoms with van der Waals surface area (Å²) in [5, 5.41) is 2.44. The Labute approximate surface area is 455 Å². The van der Waals surface area contributed by atoms with E-state index in [1.165, 1.54) is 105 Å². The molecule has 0 bridgehead atoms. The van der Waals surface area contributed by atoms with Crippen molar-refractivity contribution in [3.63, 3.8) is 0 Å². The quantitative estimate of drug-likeness (QED) is 0.154. The molecule has 0 N–H and O–H groups in total. The number of fused-ring (bicyclic) bond motifs is 16. The fraction of sp³-hybridized carbons (Fsp3) is 0.0526. The maximum atomic E-state index is 2.54. The molecule has 3 aliphatic carbocycles. The van der Waals surface area contributed by atoms with Crippen LogP contribution in [0.15, 0.2) is 279 Å². The second-order valence-corrected chi connectivity index (χ2v) is 21.9. The van der Waals surface area contributed by atoms with Gasteiger partial charge in [-0.1, -0.05) is 232 Å². The number of anilines is 3. The lowest BCUT2D eigenvalue weighted by molar-refractivity contribution is 0.660. The first-order chi connectivity index (χ1) is 38.5. The molecule has 0 atom stereocenters. The summed E-state index contributed by atoms with van der Waals surface area (Å²) < 4.78 is 2.54. The van der Waals surface area contributed by atoms with Crippen LogP contribution in [-0.4, -0.2) is 4.57 Å². The predicted octanol–water partition coefficient (Wildman–Crippen LogP) is 19.9. The highest BCUT2D eigenvalue weighted by Crippen LogP contribution is 2.63. The minimum absolute atomic E-state index is 0.156. The molecule has 0 aliphatic heterocycles. The molecule has 0 unspecified atom stereocenters. The van der Waals surface area contributed by atoms with Crippen molar-refractivity contribution in [2.75, 3.05) is 4.90 Å². The Kier molecular flexibility index (Phi) is 9.63. The van der Waals surface area contributed by atoms with Crippen LogP contribution in [0.1, 0.15) is 47.2 Å². The van der Waals surface area contributed by atoms with E-state index in [0.717, 1.165) is 39.3 Å². The monoisotopic (exact) mass is 992 g/mol. The van der Waals surface area contributed by atoms with Crippen LogP contribution >= 0.6 is 0 Å². The Morgan fingerprint density at radius 1 is 0.282 bits per heavy atom. The zero-order valence-electron chi connectivity index (χ0n) is 43.5. The lowest BCUT2D eigenvalue weighted by Gasteiger charge is -2.30. The van der Waals surface area contributed by atoms with E-state index < -0.39 is 0 Å². The molecule has 13 aromatic rings. The maximum absolute atomic E-state index is 2.54. The molecule has 3 aliphatic rings. The van der Waals surface area contributed by atoms with Gasteiger partial charge >= 0.3 is 0 Å². The van der Waals surface area contributed by atoms with Gasteiger partial charge in [-0.2, -0.15) is 0 Å². The number of nitrogens with zero attached hydrogens (tertiary/aromatic N) is 2. The van der Waals surface area contributed by atoms with Crippen LogP contribution in [-0.2, 0) is 10.8 Å². The van der Waals surface area contributed by atoms with Crippen molar-refractivity contribution < 1.29 is 0 Å². The summed E-state index contributed by atoms with van der Waals surface area (Å²) in [6.45, 7) is 4.74. The summed E-state index contributed by atoms with van der Waals surface area (Å²) in [5.74, 6) is 0. The molecule has 1 heterocycles. The molecule has 12 aromatic carbocycles. The summed E-state index contributed by atoms with van der Waals surface area (Å²) in [7, 11) is 0. The summed E-state index contributed by atoms with van der Waals surface area (Å²) in [6, 6.07) is 104. The molecule has 0 amide bonds. The third-order valence-corrected chi connectivity index (χ3v) is 17.6. The van der Waals surface area contributed by atoms with Crippen LogP contribution in [0.3, 0.4) is 0 Å². The normalized spacial score (nSPS) is 13.7. The van der Waals surface area contributed by atoms with E-state index in [1.54, 1.807) is 0 Å². The van der Waals surface area contributed by atoms with Gasteiger partial charge in [0.15, 0.2) is 0 Å². The highest BCUT2D eigenvalue weighted by Gasteiger charge is 2.51. The van der Waals surface area contributed by atoms with E-state index in [9.17, 15) is 0 Å². The first kappa shape index (κ1) is 44.5. The largest absolute Gasteiger partial charge is 0.310 e. The topological polar surface area (TPSA) is 8.17 Å². The molecule has 0 fully saturated rings. The first-order valence-electron chi connectivity index (χ1n) is 27.3. The van der Waals surface area contributed by atoms with Crippen LogP contribution in [0, 0.1) is 0 Å². The van der Waals surface area contributed by atoms with Crippen molar-refractivity contribution in [2.24, 2.45) is 0 Å². The number of benzene rings is 12. The predicted molar refractivity (Wildman–Crippen MR) is 326 cm³/mol. The molecular formula is C76H52N2. The number of hydrogen-bond acceptors (Lipinski definition) is 1. The summed E-state index contributed by atoms with van der Waals surface area (Å²) in [5.41, 5.74) is 29.3.